The predicted molar refractivity (Wildman–Crippen MR) is 102 cm³/mol. The van der Waals surface area contributed by atoms with E-state index in [-0.39, 0.29) is 36.9 Å². The molecule has 0 aromatic rings. The zero-order valence-corrected chi connectivity index (χ0v) is 17.2. The third-order valence-electron chi connectivity index (χ3n) is 4.26. The molecule has 5 nitrogen and oxygen atoms in total. The highest BCUT2D eigenvalue weighted by Crippen LogP contribution is 2.15. The summed E-state index contributed by atoms with van der Waals surface area (Å²) in [5.74, 6) is -0.333. The van der Waals surface area contributed by atoms with E-state index in [1.807, 2.05) is 27.7 Å². The molecule has 0 radical (unpaired) electrons. The molecule has 0 heterocycles. The van der Waals surface area contributed by atoms with Gasteiger partial charge in [0.15, 0.2) is 0 Å². The maximum atomic E-state index is 12.1. The topological polar surface area (TPSA) is 55.8 Å². The number of hydrogen-bond donors (Lipinski definition) is 0. The molecule has 0 saturated heterocycles. The Kier molecular flexibility index (Phi) is 13.7. The van der Waals surface area contributed by atoms with E-state index in [9.17, 15) is 9.59 Å². The number of rotatable bonds is 15. The van der Waals surface area contributed by atoms with Gasteiger partial charge in [0.05, 0.1) is 19.1 Å². The summed E-state index contributed by atoms with van der Waals surface area (Å²) in [6.07, 6.45) is 6.11. The van der Waals surface area contributed by atoms with Crippen LogP contribution in [-0.4, -0.2) is 54.6 Å². The summed E-state index contributed by atoms with van der Waals surface area (Å²) in [7, 11) is 0. The van der Waals surface area contributed by atoms with Gasteiger partial charge < -0.3 is 9.47 Å². The fourth-order valence-corrected chi connectivity index (χ4v) is 3.12. The molecule has 148 valence electrons. The number of hydrogen-bond acceptors (Lipinski definition) is 5. The summed E-state index contributed by atoms with van der Waals surface area (Å²) in [4.78, 5) is 26.1. The van der Waals surface area contributed by atoms with Crippen molar-refractivity contribution in [1.82, 2.24) is 4.90 Å². The van der Waals surface area contributed by atoms with Crippen molar-refractivity contribution >= 4 is 11.8 Å². The molecule has 0 saturated carbocycles. The van der Waals surface area contributed by atoms with E-state index in [1.54, 1.807) is 0 Å². The number of ketones is 1. The molecule has 0 spiro atoms. The van der Waals surface area contributed by atoms with Crippen molar-refractivity contribution in [2.45, 2.75) is 98.2 Å². The first-order valence-corrected chi connectivity index (χ1v) is 9.82. The minimum absolute atomic E-state index is 0.00248. The number of esters is 1. The first kappa shape index (κ1) is 24.1. The van der Waals surface area contributed by atoms with Crippen molar-refractivity contribution < 1.29 is 19.1 Å². The van der Waals surface area contributed by atoms with Gasteiger partial charge in [0.2, 0.25) is 0 Å². The molecule has 1 unspecified atom stereocenters. The highest BCUT2D eigenvalue weighted by atomic mass is 16.6. The van der Waals surface area contributed by atoms with Crippen LogP contribution in [0.2, 0.25) is 0 Å². The highest BCUT2D eigenvalue weighted by molar-refractivity contribution is 5.86. The van der Waals surface area contributed by atoms with E-state index in [4.69, 9.17) is 9.47 Å². The normalized spacial score (nSPS) is 12.8. The van der Waals surface area contributed by atoms with Crippen LogP contribution in [0, 0.1) is 0 Å². The third-order valence-corrected chi connectivity index (χ3v) is 4.26. The van der Waals surface area contributed by atoms with Gasteiger partial charge in [0.1, 0.15) is 12.4 Å². The standard InChI is InChI=1S/C20H39NO4/c1-7-8-9-10-11-12-24-13-14-25-20(23)15-19(18(6)22)21(16(2)3)17(4)5/h16-17,19H,7-15H2,1-6H3. The van der Waals surface area contributed by atoms with Crippen LogP contribution in [0.15, 0.2) is 0 Å². The van der Waals surface area contributed by atoms with Crippen molar-refractivity contribution in [3.05, 3.63) is 0 Å². The SMILES string of the molecule is CCCCCCCOCCOC(=O)CC(C(C)=O)N(C(C)C)C(C)C. The Morgan fingerprint density at radius 3 is 2.00 bits per heavy atom. The van der Waals surface area contributed by atoms with Crippen LogP contribution in [0.25, 0.3) is 0 Å². The average molecular weight is 358 g/mol. The van der Waals surface area contributed by atoms with Gasteiger partial charge in [-0.1, -0.05) is 32.6 Å². The lowest BCUT2D eigenvalue weighted by Crippen LogP contribution is -2.49. The summed E-state index contributed by atoms with van der Waals surface area (Å²) in [6, 6.07) is -0.0394. The zero-order valence-electron chi connectivity index (χ0n) is 17.2. The van der Waals surface area contributed by atoms with Crippen LogP contribution < -0.4 is 0 Å². The molecule has 0 rings (SSSR count). The quantitative estimate of drug-likeness (QED) is 0.328. The molecular weight excluding hydrogens is 318 g/mol. The number of ether oxygens (including phenoxy) is 2. The van der Waals surface area contributed by atoms with Gasteiger partial charge in [0.25, 0.3) is 0 Å². The van der Waals surface area contributed by atoms with Crippen molar-refractivity contribution in [3.8, 4) is 0 Å². The van der Waals surface area contributed by atoms with Crippen LogP contribution >= 0.6 is 0 Å². The number of unbranched alkanes of at least 4 members (excludes halogenated alkanes) is 4. The average Bonchev–Trinajstić information content (AvgIpc) is 2.51. The lowest BCUT2D eigenvalue weighted by atomic mass is 10.0. The lowest BCUT2D eigenvalue weighted by molar-refractivity contribution is -0.149. The smallest absolute Gasteiger partial charge is 0.307 e. The number of nitrogens with zero attached hydrogens (tertiary/aromatic N) is 1. The van der Waals surface area contributed by atoms with Crippen molar-refractivity contribution in [3.63, 3.8) is 0 Å². The fraction of sp³-hybridized carbons (Fsp3) is 0.900. The molecule has 0 N–H and O–H groups in total. The molecule has 0 bridgehead atoms. The Hall–Kier alpha value is -0.940. The molecule has 0 aromatic carbocycles. The van der Waals surface area contributed by atoms with E-state index in [2.05, 4.69) is 11.8 Å². The molecule has 0 aromatic heterocycles. The van der Waals surface area contributed by atoms with Gasteiger partial charge in [-0.15, -0.1) is 0 Å². The molecule has 0 amide bonds. The lowest BCUT2D eigenvalue weighted by Gasteiger charge is -2.36. The molecule has 1 atom stereocenters. The third kappa shape index (κ3) is 11.3. The van der Waals surface area contributed by atoms with Crippen LogP contribution in [0.1, 0.15) is 80.1 Å². The number of carbonyl (C=O) groups is 2. The summed E-state index contributed by atoms with van der Waals surface area (Å²) < 4.78 is 10.7. The van der Waals surface area contributed by atoms with E-state index in [1.165, 1.54) is 32.6 Å². The Morgan fingerprint density at radius 1 is 0.880 bits per heavy atom. The van der Waals surface area contributed by atoms with Gasteiger partial charge in [-0.05, 0) is 41.0 Å². The van der Waals surface area contributed by atoms with E-state index < -0.39 is 6.04 Å². The van der Waals surface area contributed by atoms with Gasteiger partial charge in [-0.25, -0.2) is 0 Å². The van der Waals surface area contributed by atoms with E-state index >= 15 is 0 Å². The summed E-state index contributed by atoms with van der Waals surface area (Å²) in [5.41, 5.74) is 0. The Labute approximate surface area is 154 Å². The van der Waals surface area contributed by atoms with Crippen LogP contribution in [0.5, 0.6) is 0 Å². The molecule has 0 aliphatic rings. The van der Waals surface area contributed by atoms with Crippen LogP contribution in [0.4, 0.5) is 0 Å². The van der Waals surface area contributed by atoms with Crippen LogP contribution in [-0.2, 0) is 19.1 Å². The fourth-order valence-electron chi connectivity index (χ4n) is 3.12. The Balaban J connectivity index is 4.06. The predicted octanol–water partition coefficient (Wildman–Crippen LogP) is 3.98. The maximum Gasteiger partial charge on any atom is 0.307 e. The summed E-state index contributed by atoms with van der Waals surface area (Å²) in [6.45, 7) is 13.3. The van der Waals surface area contributed by atoms with Crippen LogP contribution in [0.3, 0.4) is 0 Å². The number of carbonyl (C=O) groups excluding carboxylic acids is 2. The van der Waals surface area contributed by atoms with Crippen molar-refractivity contribution in [2.75, 3.05) is 19.8 Å². The van der Waals surface area contributed by atoms with Gasteiger partial charge in [0, 0.05) is 18.7 Å². The van der Waals surface area contributed by atoms with Gasteiger partial charge in [-0.2, -0.15) is 0 Å². The van der Waals surface area contributed by atoms with Crippen molar-refractivity contribution in [2.24, 2.45) is 0 Å². The van der Waals surface area contributed by atoms with Gasteiger partial charge >= 0.3 is 5.97 Å². The largest absolute Gasteiger partial charge is 0.463 e. The maximum absolute atomic E-state index is 12.1. The second-order valence-electron chi connectivity index (χ2n) is 7.21. The Morgan fingerprint density at radius 2 is 1.48 bits per heavy atom. The molecule has 0 aliphatic heterocycles. The molecule has 5 heteroatoms. The number of Topliss-reactive ketones (excluding diaryl/α,β-unsaturated/α-hetero) is 1. The first-order valence-electron chi connectivity index (χ1n) is 9.82. The highest BCUT2D eigenvalue weighted by Gasteiger charge is 2.29. The molecular formula is C20H39NO4. The van der Waals surface area contributed by atoms with Crippen molar-refractivity contribution in [1.29, 1.82) is 0 Å². The second kappa shape index (κ2) is 14.3. The molecule has 0 fully saturated rings. The minimum atomic E-state index is -0.424. The zero-order chi connectivity index (χ0) is 19.2. The van der Waals surface area contributed by atoms with E-state index in [0.29, 0.717) is 13.2 Å². The first-order chi connectivity index (χ1) is 11.8. The minimum Gasteiger partial charge on any atom is -0.463 e. The summed E-state index contributed by atoms with van der Waals surface area (Å²) in [5, 5.41) is 0. The Bertz CT molecular complexity index is 361. The monoisotopic (exact) mass is 357 g/mol. The second-order valence-corrected chi connectivity index (χ2v) is 7.21. The summed E-state index contributed by atoms with van der Waals surface area (Å²) >= 11 is 0. The molecule has 25 heavy (non-hydrogen) atoms. The van der Waals surface area contributed by atoms with Gasteiger partial charge in [-0.3, -0.25) is 14.5 Å². The molecule has 0 aliphatic carbocycles. The van der Waals surface area contributed by atoms with E-state index in [0.717, 1.165) is 6.42 Å².